The Morgan fingerprint density at radius 2 is 1.76 bits per heavy atom. The number of nitrogens with zero attached hydrogens (tertiary/aromatic N) is 1. The van der Waals surface area contributed by atoms with Crippen LogP contribution >= 0.6 is 11.6 Å². The molecule has 29 heavy (non-hydrogen) atoms. The maximum atomic E-state index is 12.4. The third kappa shape index (κ3) is 5.59. The molecular weight excluding hydrogens is 414 g/mol. The van der Waals surface area contributed by atoms with E-state index in [1.54, 1.807) is 18.2 Å². The lowest BCUT2D eigenvalue weighted by Gasteiger charge is -2.15. The van der Waals surface area contributed by atoms with Crippen molar-refractivity contribution in [3.05, 3.63) is 58.6 Å². The average molecular weight is 438 g/mol. The Balaban J connectivity index is 2.24. The molecule has 2 aromatic carbocycles. The van der Waals surface area contributed by atoms with E-state index in [-0.39, 0.29) is 16.8 Å². The first-order chi connectivity index (χ1) is 13.6. The maximum absolute atomic E-state index is 12.4. The van der Waals surface area contributed by atoms with Crippen LogP contribution in [0.15, 0.2) is 47.4 Å². The predicted octanol–water partition coefficient (Wildman–Crippen LogP) is 4.28. The molecule has 6 nitrogen and oxygen atoms in total. The van der Waals surface area contributed by atoms with Crippen LogP contribution in [0.4, 0.5) is 0 Å². The molecule has 0 unspecified atom stereocenters. The van der Waals surface area contributed by atoms with Gasteiger partial charge in [-0.2, -0.15) is 0 Å². The zero-order valence-corrected chi connectivity index (χ0v) is 18.5. The van der Waals surface area contributed by atoms with Crippen molar-refractivity contribution in [1.29, 1.82) is 0 Å². The molecule has 0 bridgehead atoms. The van der Waals surface area contributed by atoms with Gasteiger partial charge in [-0.1, -0.05) is 17.7 Å². The van der Waals surface area contributed by atoms with Crippen molar-refractivity contribution < 1.29 is 22.7 Å². The van der Waals surface area contributed by atoms with Gasteiger partial charge in [0.05, 0.1) is 23.1 Å². The van der Waals surface area contributed by atoms with Gasteiger partial charge in [0.25, 0.3) is 0 Å². The number of hydrogen-bond donors (Lipinski definition) is 0. The Kier molecular flexibility index (Phi) is 7.46. The SMILES string of the molecule is COc1cc(C=CC(=O)c2ccc(S(=O)(=O)N(C)C)cc2)cc(Cl)c1OC(C)C. The molecule has 8 heteroatoms. The molecule has 0 atom stereocenters. The Bertz CT molecular complexity index is 1010. The lowest BCUT2D eigenvalue weighted by molar-refractivity contribution is 0.104. The molecule has 0 amide bonds. The summed E-state index contributed by atoms with van der Waals surface area (Å²) in [5.74, 6) is 0.651. The number of benzene rings is 2. The molecule has 2 aromatic rings. The fourth-order valence-electron chi connectivity index (χ4n) is 2.46. The Hall–Kier alpha value is -2.35. The third-order valence-electron chi connectivity index (χ3n) is 3.95. The number of carbonyl (C=O) groups excluding carboxylic acids is 1. The molecule has 2 rings (SSSR count). The van der Waals surface area contributed by atoms with Gasteiger partial charge in [0.1, 0.15) is 0 Å². The van der Waals surface area contributed by atoms with Gasteiger partial charge in [0.2, 0.25) is 10.0 Å². The summed E-state index contributed by atoms with van der Waals surface area (Å²) in [7, 11) is 0.883. The van der Waals surface area contributed by atoms with E-state index in [1.165, 1.54) is 51.5 Å². The van der Waals surface area contributed by atoms with Crippen LogP contribution in [-0.4, -0.2) is 45.8 Å². The number of carbonyl (C=O) groups is 1. The minimum Gasteiger partial charge on any atom is -0.493 e. The van der Waals surface area contributed by atoms with Crippen molar-refractivity contribution in [3.63, 3.8) is 0 Å². The first kappa shape index (κ1) is 22.9. The summed E-state index contributed by atoms with van der Waals surface area (Å²) in [6, 6.07) is 9.19. The Morgan fingerprint density at radius 3 is 2.28 bits per heavy atom. The van der Waals surface area contributed by atoms with E-state index < -0.39 is 10.0 Å². The first-order valence-corrected chi connectivity index (χ1v) is 10.7. The summed E-state index contributed by atoms with van der Waals surface area (Å²) in [6.45, 7) is 3.77. The van der Waals surface area contributed by atoms with Crippen molar-refractivity contribution >= 4 is 33.5 Å². The minimum absolute atomic E-state index is 0.0661. The summed E-state index contributed by atoms with van der Waals surface area (Å²) in [5, 5.41) is 0.378. The van der Waals surface area contributed by atoms with Crippen LogP contribution in [0.3, 0.4) is 0 Å². The average Bonchev–Trinajstić information content (AvgIpc) is 2.67. The second-order valence-electron chi connectivity index (χ2n) is 6.71. The fourth-order valence-corrected chi connectivity index (χ4v) is 3.62. The number of allylic oxidation sites excluding steroid dienone is 1. The van der Waals surface area contributed by atoms with E-state index >= 15 is 0 Å². The molecule has 156 valence electrons. The van der Waals surface area contributed by atoms with Crippen LogP contribution in [0.25, 0.3) is 6.08 Å². The zero-order chi connectivity index (χ0) is 21.8. The topological polar surface area (TPSA) is 72.9 Å². The molecular formula is C21H24ClNO5S. The number of sulfonamides is 1. The van der Waals surface area contributed by atoms with E-state index in [1.807, 2.05) is 13.8 Å². The van der Waals surface area contributed by atoms with Crippen molar-refractivity contribution in [3.8, 4) is 11.5 Å². The molecule has 0 fully saturated rings. The highest BCUT2D eigenvalue weighted by molar-refractivity contribution is 7.89. The highest BCUT2D eigenvalue weighted by Gasteiger charge is 2.17. The van der Waals surface area contributed by atoms with Gasteiger partial charge < -0.3 is 9.47 Å². The summed E-state index contributed by atoms with van der Waals surface area (Å²) in [6.07, 6.45) is 2.94. The van der Waals surface area contributed by atoms with Crippen molar-refractivity contribution in [1.82, 2.24) is 4.31 Å². The summed E-state index contributed by atoms with van der Waals surface area (Å²) in [5.41, 5.74) is 1.04. The molecule has 0 spiro atoms. The van der Waals surface area contributed by atoms with Crippen molar-refractivity contribution in [2.75, 3.05) is 21.2 Å². The van der Waals surface area contributed by atoms with Crippen LogP contribution in [-0.2, 0) is 10.0 Å². The Labute approximate surface area is 176 Å². The lowest BCUT2D eigenvalue weighted by atomic mass is 10.1. The second kappa shape index (κ2) is 9.43. The van der Waals surface area contributed by atoms with E-state index in [0.717, 1.165) is 4.31 Å². The van der Waals surface area contributed by atoms with Gasteiger partial charge in [0, 0.05) is 19.7 Å². The van der Waals surface area contributed by atoms with Crippen LogP contribution in [0.5, 0.6) is 11.5 Å². The quantitative estimate of drug-likeness (QED) is 0.455. The molecule has 0 saturated heterocycles. The number of rotatable bonds is 8. The van der Waals surface area contributed by atoms with Crippen LogP contribution in [0.1, 0.15) is 29.8 Å². The largest absolute Gasteiger partial charge is 0.493 e. The summed E-state index contributed by atoms with van der Waals surface area (Å²) < 4.78 is 36.3. The summed E-state index contributed by atoms with van der Waals surface area (Å²) in [4.78, 5) is 12.6. The fraction of sp³-hybridized carbons (Fsp3) is 0.286. The number of halogens is 1. The van der Waals surface area contributed by atoms with E-state index in [0.29, 0.717) is 27.6 Å². The van der Waals surface area contributed by atoms with E-state index in [2.05, 4.69) is 0 Å². The van der Waals surface area contributed by atoms with Crippen molar-refractivity contribution in [2.24, 2.45) is 0 Å². The van der Waals surface area contributed by atoms with Gasteiger partial charge in [-0.3, -0.25) is 4.79 Å². The highest BCUT2D eigenvalue weighted by Crippen LogP contribution is 2.37. The van der Waals surface area contributed by atoms with Crippen LogP contribution < -0.4 is 9.47 Å². The third-order valence-corrected chi connectivity index (χ3v) is 6.06. The van der Waals surface area contributed by atoms with Gasteiger partial charge in [-0.15, -0.1) is 0 Å². The molecule has 0 aromatic heterocycles. The molecule has 0 saturated carbocycles. The standard InChI is InChI=1S/C21H24ClNO5S/c1-14(2)28-21-18(22)12-15(13-20(21)27-5)6-11-19(24)16-7-9-17(10-8-16)29(25,26)23(3)4/h6-14H,1-5H3. The molecule has 0 radical (unpaired) electrons. The molecule has 0 aliphatic heterocycles. The second-order valence-corrected chi connectivity index (χ2v) is 9.27. The number of methoxy groups -OCH3 is 1. The van der Waals surface area contributed by atoms with E-state index in [9.17, 15) is 13.2 Å². The Morgan fingerprint density at radius 1 is 1.14 bits per heavy atom. The van der Waals surface area contributed by atoms with Gasteiger partial charge in [0.15, 0.2) is 17.3 Å². The molecule has 0 N–H and O–H groups in total. The van der Waals surface area contributed by atoms with Gasteiger partial charge in [-0.25, -0.2) is 12.7 Å². The lowest BCUT2D eigenvalue weighted by Crippen LogP contribution is -2.22. The monoisotopic (exact) mass is 437 g/mol. The normalized spacial score (nSPS) is 12.0. The maximum Gasteiger partial charge on any atom is 0.242 e. The highest BCUT2D eigenvalue weighted by atomic mass is 35.5. The molecule has 0 heterocycles. The molecule has 0 aliphatic carbocycles. The van der Waals surface area contributed by atoms with Gasteiger partial charge >= 0.3 is 0 Å². The first-order valence-electron chi connectivity index (χ1n) is 8.85. The van der Waals surface area contributed by atoms with Crippen LogP contribution in [0, 0.1) is 0 Å². The van der Waals surface area contributed by atoms with Crippen molar-refractivity contribution in [2.45, 2.75) is 24.8 Å². The number of hydrogen-bond acceptors (Lipinski definition) is 5. The van der Waals surface area contributed by atoms with E-state index in [4.69, 9.17) is 21.1 Å². The summed E-state index contributed by atoms with van der Waals surface area (Å²) >= 11 is 6.29. The number of ether oxygens (including phenoxy) is 2. The number of ketones is 1. The predicted molar refractivity (Wildman–Crippen MR) is 114 cm³/mol. The zero-order valence-electron chi connectivity index (χ0n) is 17.0. The van der Waals surface area contributed by atoms with Gasteiger partial charge in [-0.05, 0) is 61.9 Å². The van der Waals surface area contributed by atoms with Crippen LogP contribution in [0.2, 0.25) is 5.02 Å². The molecule has 0 aliphatic rings. The smallest absolute Gasteiger partial charge is 0.242 e. The minimum atomic E-state index is -3.54.